The highest BCUT2D eigenvalue weighted by molar-refractivity contribution is 6.08. The van der Waals surface area contributed by atoms with E-state index in [2.05, 4.69) is 26.1 Å². The van der Waals surface area contributed by atoms with Crippen molar-refractivity contribution >= 4 is 27.6 Å². The number of benzene rings is 1. The van der Waals surface area contributed by atoms with E-state index in [1.54, 1.807) is 7.11 Å². The van der Waals surface area contributed by atoms with Gasteiger partial charge in [-0.25, -0.2) is 4.98 Å². The lowest BCUT2D eigenvalue weighted by Crippen LogP contribution is -2.06. The Kier molecular flexibility index (Phi) is 3.15. The van der Waals surface area contributed by atoms with Gasteiger partial charge in [-0.15, -0.1) is 0 Å². The molecule has 116 valence electrons. The molecule has 0 unspecified atom stereocenters. The molecule has 0 radical (unpaired) electrons. The van der Waals surface area contributed by atoms with E-state index < -0.39 is 0 Å². The fourth-order valence-corrected chi connectivity index (χ4v) is 2.78. The molecule has 4 aromatic rings. The molecule has 0 aliphatic rings. The molecule has 0 aliphatic heterocycles. The van der Waals surface area contributed by atoms with Gasteiger partial charge in [-0.2, -0.15) is 5.10 Å². The van der Waals surface area contributed by atoms with Gasteiger partial charge in [0.25, 0.3) is 0 Å². The Labute approximate surface area is 133 Å². The lowest BCUT2D eigenvalue weighted by Gasteiger charge is -2.10. The molecule has 3 aromatic heterocycles. The van der Waals surface area contributed by atoms with Gasteiger partial charge in [-0.1, -0.05) is 0 Å². The summed E-state index contributed by atoms with van der Waals surface area (Å²) in [5.41, 5.74) is 3.00. The molecule has 0 saturated heterocycles. The second kappa shape index (κ2) is 5.31. The summed E-state index contributed by atoms with van der Waals surface area (Å²) in [5.74, 6) is 1.61. The number of fused-ring (bicyclic) bond motifs is 3. The lowest BCUT2D eigenvalue weighted by atomic mass is 10.1. The minimum atomic E-state index is 0.701. The number of anilines is 1. The van der Waals surface area contributed by atoms with Crippen LogP contribution < -0.4 is 10.1 Å². The SMILES string of the molecule is COc1ccc2nc(NCc3cccn3C)c3[nH]ncc3c2c1. The van der Waals surface area contributed by atoms with Crippen molar-refractivity contribution in [1.82, 2.24) is 19.7 Å². The van der Waals surface area contributed by atoms with E-state index in [0.29, 0.717) is 6.54 Å². The molecule has 4 rings (SSSR count). The van der Waals surface area contributed by atoms with E-state index in [-0.39, 0.29) is 0 Å². The maximum Gasteiger partial charge on any atom is 0.153 e. The number of hydrogen-bond donors (Lipinski definition) is 2. The molecule has 0 atom stereocenters. The zero-order valence-corrected chi connectivity index (χ0v) is 13.0. The van der Waals surface area contributed by atoms with Crippen LogP contribution in [0.25, 0.3) is 21.8 Å². The highest BCUT2D eigenvalue weighted by Gasteiger charge is 2.11. The number of aromatic amines is 1. The number of nitrogens with one attached hydrogen (secondary N) is 2. The number of aromatic nitrogens is 4. The minimum absolute atomic E-state index is 0.701. The molecule has 3 heterocycles. The fourth-order valence-electron chi connectivity index (χ4n) is 2.78. The number of H-pyrrole nitrogens is 1. The lowest BCUT2D eigenvalue weighted by molar-refractivity contribution is 0.415. The van der Waals surface area contributed by atoms with Gasteiger partial charge >= 0.3 is 0 Å². The number of rotatable bonds is 4. The van der Waals surface area contributed by atoms with Gasteiger partial charge in [0, 0.05) is 29.7 Å². The Hall–Kier alpha value is -3.02. The van der Waals surface area contributed by atoms with Crippen LogP contribution in [0, 0.1) is 0 Å². The molecule has 23 heavy (non-hydrogen) atoms. The molecule has 6 heteroatoms. The first-order valence-corrected chi connectivity index (χ1v) is 7.41. The zero-order valence-electron chi connectivity index (χ0n) is 13.0. The Bertz CT molecular complexity index is 985. The third-order valence-corrected chi connectivity index (χ3v) is 4.09. The van der Waals surface area contributed by atoms with Crippen LogP contribution in [0.2, 0.25) is 0 Å². The Morgan fingerprint density at radius 2 is 2.17 bits per heavy atom. The monoisotopic (exact) mass is 307 g/mol. The average molecular weight is 307 g/mol. The van der Waals surface area contributed by atoms with E-state index in [0.717, 1.165) is 33.4 Å². The number of aryl methyl sites for hydroxylation is 1. The second-order valence-corrected chi connectivity index (χ2v) is 5.47. The first-order chi connectivity index (χ1) is 11.3. The Morgan fingerprint density at radius 1 is 1.26 bits per heavy atom. The van der Waals surface area contributed by atoms with Crippen molar-refractivity contribution in [1.29, 1.82) is 0 Å². The van der Waals surface area contributed by atoms with Gasteiger partial charge in [-0.3, -0.25) is 5.10 Å². The number of ether oxygens (including phenoxy) is 1. The Morgan fingerprint density at radius 3 is 2.96 bits per heavy atom. The molecule has 2 N–H and O–H groups in total. The summed E-state index contributed by atoms with van der Waals surface area (Å²) in [4.78, 5) is 4.73. The first-order valence-electron chi connectivity index (χ1n) is 7.41. The molecule has 0 spiro atoms. The van der Waals surface area contributed by atoms with Gasteiger partial charge < -0.3 is 14.6 Å². The van der Waals surface area contributed by atoms with E-state index >= 15 is 0 Å². The third-order valence-electron chi connectivity index (χ3n) is 4.09. The topological polar surface area (TPSA) is 67.8 Å². The summed E-state index contributed by atoms with van der Waals surface area (Å²) >= 11 is 0. The van der Waals surface area contributed by atoms with Crippen molar-refractivity contribution < 1.29 is 4.74 Å². The van der Waals surface area contributed by atoms with Gasteiger partial charge in [0.05, 0.1) is 25.4 Å². The number of pyridine rings is 1. The highest BCUT2D eigenvalue weighted by atomic mass is 16.5. The molecule has 0 fully saturated rings. The predicted molar refractivity (Wildman–Crippen MR) is 90.7 cm³/mol. The van der Waals surface area contributed by atoms with Gasteiger partial charge in [-0.05, 0) is 30.3 Å². The van der Waals surface area contributed by atoms with Crippen molar-refractivity contribution in [2.24, 2.45) is 7.05 Å². The van der Waals surface area contributed by atoms with E-state index in [1.165, 1.54) is 5.69 Å². The maximum absolute atomic E-state index is 5.31. The van der Waals surface area contributed by atoms with Crippen LogP contribution in [-0.4, -0.2) is 26.9 Å². The van der Waals surface area contributed by atoms with Crippen LogP contribution in [0.5, 0.6) is 5.75 Å². The standard InChI is InChI=1S/C17H17N5O/c1-22-7-3-4-11(22)9-18-17-16-14(10-19-21-16)13-8-12(23-2)5-6-15(13)20-17/h3-8,10H,9H2,1-2H3,(H,18,20)(H,19,21). The summed E-state index contributed by atoms with van der Waals surface area (Å²) in [6.07, 6.45) is 3.86. The summed E-state index contributed by atoms with van der Waals surface area (Å²) in [5, 5.41) is 12.7. The molecular weight excluding hydrogens is 290 g/mol. The van der Waals surface area contributed by atoms with Gasteiger partial charge in [0.1, 0.15) is 11.3 Å². The Balaban J connectivity index is 1.79. The van der Waals surface area contributed by atoms with E-state index in [1.807, 2.05) is 43.7 Å². The number of methoxy groups -OCH3 is 1. The van der Waals surface area contributed by atoms with Crippen LogP contribution in [0.3, 0.4) is 0 Å². The zero-order chi connectivity index (χ0) is 15.8. The van der Waals surface area contributed by atoms with Crippen molar-refractivity contribution in [3.05, 3.63) is 48.4 Å². The molecular formula is C17H17N5O. The van der Waals surface area contributed by atoms with Gasteiger partial charge in [0.2, 0.25) is 0 Å². The molecule has 0 aliphatic carbocycles. The summed E-state index contributed by atoms with van der Waals surface area (Å²) in [6, 6.07) is 9.99. The number of hydrogen-bond acceptors (Lipinski definition) is 4. The number of nitrogens with zero attached hydrogens (tertiary/aromatic N) is 3. The van der Waals surface area contributed by atoms with Crippen molar-refractivity contribution in [2.75, 3.05) is 12.4 Å². The van der Waals surface area contributed by atoms with Gasteiger partial charge in [0.15, 0.2) is 5.82 Å². The van der Waals surface area contributed by atoms with Crippen LogP contribution in [0.4, 0.5) is 5.82 Å². The minimum Gasteiger partial charge on any atom is -0.497 e. The van der Waals surface area contributed by atoms with Crippen LogP contribution >= 0.6 is 0 Å². The summed E-state index contributed by atoms with van der Waals surface area (Å²) in [7, 11) is 3.69. The maximum atomic E-state index is 5.31. The van der Waals surface area contributed by atoms with E-state index in [4.69, 9.17) is 9.72 Å². The van der Waals surface area contributed by atoms with Crippen molar-refractivity contribution in [3.63, 3.8) is 0 Å². The molecule has 0 saturated carbocycles. The van der Waals surface area contributed by atoms with Crippen LogP contribution in [-0.2, 0) is 13.6 Å². The molecule has 0 amide bonds. The highest BCUT2D eigenvalue weighted by Crippen LogP contribution is 2.30. The predicted octanol–water partition coefficient (Wildman–Crippen LogP) is 3.07. The normalized spacial score (nSPS) is 11.2. The summed E-state index contributed by atoms with van der Waals surface area (Å²) < 4.78 is 7.40. The summed E-state index contributed by atoms with van der Waals surface area (Å²) in [6.45, 7) is 0.701. The second-order valence-electron chi connectivity index (χ2n) is 5.47. The molecule has 1 aromatic carbocycles. The average Bonchev–Trinajstić information content (AvgIpc) is 3.21. The molecule has 0 bridgehead atoms. The fraction of sp³-hybridized carbons (Fsp3) is 0.176. The third kappa shape index (κ3) is 2.28. The largest absolute Gasteiger partial charge is 0.497 e. The van der Waals surface area contributed by atoms with E-state index in [9.17, 15) is 0 Å². The van der Waals surface area contributed by atoms with Crippen LogP contribution in [0.1, 0.15) is 5.69 Å². The van der Waals surface area contributed by atoms with Crippen LogP contribution in [0.15, 0.2) is 42.7 Å². The quantitative estimate of drug-likeness (QED) is 0.608. The first kappa shape index (κ1) is 13.6. The smallest absolute Gasteiger partial charge is 0.153 e. The molecule has 6 nitrogen and oxygen atoms in total. The van der Waals surface area contributed by atoms with Crippen molar-refractivity contribution in [3.8, 4) is 5.75 Å². The van der Waals surface area contributed by atoms with Crippen molar-refractivity contribution in [2.45, 2.75) is 6.54 Å².